The average molecular weight is 179 g/mol. The Morgan fingerprint density at radius 3 is 2.45 bits per heavy atom. The lowest BCUT2D eigenvalue weighted by atomic mass is 10.2. The van der Waals surface area contributed by atoms with E-state index in [0.717, 1.165) is 0 Å². The summed E-state index contributed by atoms with van der Waals surface area (Å²) < 4.78 is 0. The zero-order valence-electron chi connectivity index (χ0n) is 5.91. The first-order valence-electron chi connectivity index (χ1n) is 2.82. The van der Waals surface area contributed by atoms with E-state index in [-0.39, 0.29) is 25.4 Å². The van der Waals surface area contributed by atoms with E-state index < -0.39 is 12.0 Å². The Morgan fingerprint density at radius 2 is 2.09 bits per heavy atom. The number of halogens is 1. The van der Waals surface area contributed by atoms with Crippen molar-refractivity contribution >= 4 is 18.4 Å². The van der Waals surface area contributed by atoms with Gasteiger partial charge in [-0.1, -0.05) is 11.8 Å². The van der Waals surface area contributed by atoms with Gasteiger partial charge in [-0.2, -0.15) is 0 Å². The molecule has 0 saturated heterocycles. The van der Waals surface area contributed by atoms with Gasteiger partial charge in [-0.25, -0.2) is 0 Å². The molecule has 4 nitrogen and oxygen atoms in total. The molecule has 0 spiro atoms. The number of hydrogen-bond acceptors (Lipinski definition) is 3. The molecule has 0 aromatic carbocycles. The highest BCUT2D eigenvalue weighted by molar-refractivity contribution is 5.85. The molecule has 0 saturated carbocycles. The Morgan fingerprint density at radius 1 is 1.55 bits per heavy atom. The van der Waals surface area contributed by atoms with Crippen LogP contribution in [0.5, 0.6) is 0 Å². The van der Waals surface area contributed by atoms with E-state index in [0.29, 0.717) is 0 Å². The molecule has 0 rings (SSSR count). The predicted octanol–water partition coefficient (Wildman–Crippen LogP) is -0.828. The maximum atomic E-state index is 10.1. The third-order valence-corrected chi connectivity index (χ3v) is 0.866. The molecule has 0 aliphatic carbocycles. The fourth-order valence-corrected chi connectivity index (χ4v) is 0.342. The van der Waals surface area contributed by atoms with Crippen molar-refractivity contribution in [3.8, 4) is 11.8 Å². The predicted molar refractivity (Wildman–Crippen MR) is 44.3 cm³/mol. The molecule has 11 heavy (non-hydrogen) atoms. The van der Waals surface area contributed by atoms with Gasteiger partial charge in [-0.15, -0.1) is 12.4 Å². The lowest BCUT2D eigenvalue weighted by Gasteiger charge is -1.97. The summed E-state index contributed by atoms with van der Waals surface area (Å²) in [7, 11) is 0. The van der Waals surface area contributed by atoms with Gasteiger partial charge in [-0.05, 0) is 0 Å². The Balaban J connectivity index is 0. The summed E-state index contributed by atoms with van der Waals surface area (Å²) in [6.45, 7) is 0.242. The molecule has 5 heteroatoms. The normalized spacial score (nSPS) is 10.4. The molecule has 0 aromatic rings. The van der Waals surface area contributed by atoms with E-state index in [1.807, 2.05) is 0 Å². The highest BCUT2D eigenvalue weighted by Gasteiger charge is 2.07. The fraction of sp³-hybridized carbons (Fsp3) is 0.500. The first-order valence-corrected chi connectivity index (χ1v) is 2.82. The molecular formula is C6H11ClN2O2. The van der Waals surface area contributed by atoms with E-state index >= 15 is 0 Å². The van der Waals surface area contributed by atoms with Crippen LogP contribution in [-0.2, 0) is 4.79 Å². The van der Waals surface area contributed by atoms with Crippen molar-refractivity contribution in [2.45, 2.75) is 12.5 Å². The highest BCUT2D eigenvalue weighted by atomic mass is 35.5. The van der Waals surface area contributed by atoms with Gasteiger partial charge in [0.05, 0.1) is 6.54 Å². The van der Waals surface area contributed by atoms with E-state index in [1.165, 1.54) is 0 Å². The van der Waals surface area contributed by atoms with Crippen molar-refractivity contribution in [2.75, 3.05) is 6.54 Å². The molecule has 0 fully saturated rings. The monoisotopic (exact) mass is 178 g/mol. The quantitative estimate of drug-likeness (QED) is 0.482. The van der Waals surface area contributed by atoms with Gasteiger partial charge in [0, 0.05) is 6.42 Å². The number of carboxylic acid groups (broad SMARTS) is 1. The van der Waals surface area contributed by atoms with Crippen LogP contribution in [0.15, 0.2) is 0 Å². The Kier molecular flexibility index (Phi) is 8.60. The van der Waals surface area contributed by atoms with Crippen LogP contribution in [0, 0.1) is 11.8 Å². The van der Waals surface area contributed by atoms with Crippen molar-refractivity contribution in [3.05, 3.63) is 0 Å². The summed E-state index contributed by atoms with van der Waals surface area (Å²) >= 11 is 0. The van der Waals surface area contributed by atoms with E-state index in [1.54, 1.807) is 0 Å². The first-order chi connectivity index (χ1) is 4.68. The highest BCUT2D eigenvalue weighted by Crippen LogP contribution is 1.83. The van der Waals surface area contributed by atoms with Crippen molar-refractivity contribution in [2.24, 2.45) is 11.5 Å². The maximum Gasteiger partial charge on any atom is 0.321 e. The van der Waals surface area contributed by atoms with Crippen molar-refractivity contribution in [3.63, 3.8) is 0 Å². The smallest absolute Gasteiger partial charge is 0.321 e. The third kappa shape index (κ3) is 7.13. The summed E-state index contributed by atoms with van der Waals surface area (Å²) in [5.74, 6) is 4.02. The molecular weight excluding hydrogens is 168 g/mol. The van der Waals surface area contributed by atoms with Gasteiger partial charge in [0.2, 0.25) is 0 Å². The molecule has 64 valence electrons. The van der Waals surface area contributed by atoms with Gasteiger partial charge in [0.15, 0.2) is 0 Å². The van der Waals surface area contributed by atoms with E-state index in [4.69, 9.17) is 16.6 Å². The summed E-state index contributed by atoms with van der Waals surface area (Å²) in [6, 6.07) is -0.890. The molecule has 0 bridgehead atoms. The summed E-state index contributed by atoms with van der Waals surface area (Å²) in [5.41, 5.74) is 10.1. The van der Waals surface area contributed by atoms with Crippen LogP contribution in [-0.4, -0.2) is 23.7 Å². The zero-order chi connectivity index (χ0) is 7.98. The minimum absolute atomic E-state index is 0. The minimum atomic E-state index is -1.04. The standard InChI is InChI=1S/C6H10N2O2.ClH/c7-4-2-1-3-5(8)6(9)10;/h5H,3-4,7-8H2,(H,9,10);1H. The Hall–Kier alpha value is -0.760. The number of aliphatic carboxylic acids is 1. The summed E-state index contributed by atoms with van der Waals surface area (Å²) in [4.78, 5) is 10.1. The Bertz CT molecular complexity index is 173. The van der Waals surface area contributed by atoms with Crippen LogP contribution < -0.4 is 11.5 Å². The van der Waals surface area contributed by atoms with Gasteiger partial charge in [0.1, 0.15) is 6.04 Å². The number of rotatable bonds is 2. The van der Waals surface area contributed by atoms with Crippen LogP contribution in [0.2, 0.25) is 0 Å². The molecule has 0 radical (unpaired) electrons. The number of carboxylic acids is 1. The Labute approximate surface area is 71.4 Å². The second kappa shape index (κ2) is 7.35. The topological polar surface area (TPSA) is 89.3 Å². The largest absolute Gasteiger partial charge is 0.480 e. The van der Waals surface area contributed by atoms with E-state index in [2.05, 4.69) is 11.8 Å². The molecule has 0 heterocycles. The van der Waals surface area contributed by atoms with Gasteiger partial charge in [0.25, 0.3) is 0 Å². The maximum absolute atomic E-state index is 10.1. The number of carbonyl (C=O) groups is 1. The molecule has 0 aromatic heterocycles. The van der Waals surface area contributed by atoms with Crippen LogP contribution in [0.25, 0.3) is 0 Å². The van der Waals surface area contributed by atoms with Crippen molar-refractivity contribution in [1.82, 2.24) is 0 Å². The zero-order valence-corrected chi connectivity index (χ0v) is 6.73. The molecule has 1 unspecified atom stereocenters. The second-order valence-corrected chi connectivity index (χ2v) is 1.71. The van der Waals surface area contributed by atoms with Crippen LogP contribution in [0.3, 0.4) is 0 Å². The molecule has 0 aliphatic heterocycles. The van der Waals surface area contributed by atoms with Crippen molar-refractivity contribution in [1.29, 1.82) is 0 Å². The van der Waals surface area contributed by atoms with Crippen LogP contribution in [0.1, 0.15) is 6.42 Å². The summed E-state index contributed by atoms with van der Waals surface area (Å²) in [6.07, 6.45) is 0.159. The number of hydrogen-bond donors (Lipinski definition) is 3. The van der Waals surface area contributed by atoms with Crippen molar-refractivity contribution < 1.29 is 9.90 Å². The van der Waals surface area contributed by atoms with Gasteiger partial charge < -0.3 is 16.6 Å². The summed E-state index contributed by atoms with van der Waals surface area (Å²) in [5, 5.41) is 8.26. The van der Waals surface area contributed by atoms with Crippen LogP contribution in [0.4, 0.5) is 0 Å². The SMILES string of the molecule is Cl.NCC#CCC(N)C(=O)O. The molecule has 0 amide bonds. The second-order valence-electron chi connectivity index (χ2n) is 1.71. The lowest BCUT2D eigenvalue weighted by Crippen LogP contribution is -2.29. The lowest BCUT2D eigenvalue weighted by molar-refractivity contribution is -0.138. The van der Waals surface area contributed by atoms with Gasteiger partial charge >= 0.3 is 5.97 Å². The minimum Gasteiger partial charge on any atom is -0.480 e. The average Bonchev–Trinajstić information content (AvgIpc) is 1.88. The molecule has 1 atom stereocenters. The van der Waals surface area contributed by atoms with Crippen LogP contribution >= 0.6 is 12.4 Å². The fourth-order valence-electron chi connectivity index (χ4n) is 0.342. The first kappa shape index (κ1) is 12.9. The number of nitrogens with two attached hydrogens (primary N) is 2. The van der Waals surface area contributed by atoms with E-state index in [9.17, 15) is 4.79 Å². The third-order valence-electron chi connectivity index (χ3n) is 0.866. The molecule has 0 aliphatic rings. The van der Waals surface area contributed by atoms with Gasteiger partial charge in [-0.3, -0.25) is 4.79 Å². The molecule has 5 N–H and O–H groups in total.